The molecule has 0 atom stereocenters. The first-order valence-corrected chi connectivity index (χ1v) is 6.13. The number of rotatable bonds is 1. The number of benzene rings is 1. The van der Waals surface area contributed by atoms with Gasteiger partial charge in [-0.25, -0.2) is 4.79 Å². The van der Waals surface area contributed by atoms with Crippen molar-refractivity contribution in [2.24, 2.45) is 7.05 Å². The van der Waals surface area contributed by atoms with Gasteiger partial charge in [0.15, 0.2) is 0 Å². The first kappa shape index (κ1) is 12.0. The third kappa shape index (κ3) is 1.69. The summed E-state index contributed by atoms with van der Waals surface area (Å²) in [4.78, 5) is 11.0. The van der Waals surface area contributed by atoms with Crippen molar-refractivity contribution in [1.82, 2.24) is 4.57 Å². The van der Waals surface area contributed by atoms with Gasteiger partial charge in [-0.15, -0.1) is 0 Å². The summed E-state index contributed by atoms with van der Waals surface area (Å²) >= 11 is 14.1. The predicted molar refractivity (Wildman–Crippen MR) is 72.6 cm³/mol. The Bertz CT molecular complexity index is 607. The third-order valence-electron chi connectivity index (χ3n) is 2.40. The molecule has 0 bridgehead atoms. The average molecular weight is 370 g/mol. The number of aromatic carboxylic acids is 1. The zero-order chi connectivity index (χ0) is 12.0. The summed E-state index contributed by atoms with van der Waals surface area (Å²) < 4.78 is 2.39. The van der Waals surface area contributed by atoms with E-state index in [1.807, 2.05) is 6.07 Å². The molecule has 84 valence electrons. The second-order valence-electron chi connectivity index (χ2n) is 3.31. The van der Waals surface area contributed by atoms with Gasteiger partial charge in [0.1, 0.15) is 5.69 Å². The maximum Gasteiger partial charge on any atom is 0.352 e. The number of carbonyl (C=O) groups is 1. The van der Waals surface area contributed by atoms with Gasteiger partial charge in [0.25, 0.3) is 0 Å². The monoisotopic (exact) mass is 369 g/mol. The maximum atomic E-state index is 11.0. The van der Waals surface area contributed by atoms with Gasteiger partial charge < -0.3 is 9.67 Å². The van der Waals surface area contributed by atoms with Gasteiger partial charge in [0.2, 0.25) is 0 Å². The second kappa shape index (κ2) is 4.09. The fraction of sp³-hybridized carbons (Fsp3) is 0.100. The van der Waals surface area contributed by atoms with E-state index in [1.54, 1.807) is 11.6 Å². The molecule has 0 amide bonds. The van der Waals surface area contributed by atoms with Crippen molar-refractivity contribution < 1.29 is 9.90 Å². The van der Waals surface area contributed by atoms with Crippen molar-refractivity contribution in [3.05, 3.63) is 31.4 Å². The number of nitrogens with zero attached hydrogens (tertiary/aromatic N) is 1. The molecule has 16 heavy (non-hydrogen) atoms. The molecule has 0 unspecified atom stereocenters. The van der Waals surface area contributed by atoms with Gasteiger partial charge in [-0.3, -0.25) is 0 Å². The van der Waals surface area contributed by atoms with Crippen LogP contribution in [0.5, 0.6) is 0 Å². The van der Waals surface area contributed by atoms with Crippen LogP contribution >= 0.6 is 45.8 Å². The summed E-state index contributed by atoms with van der Waals surface area (Å²) in [5.74, 6) is -0.985. The van der Waals surface area contributed by atoms with Crippen molar-refractivity contribution in [2.75, 3.05) is 0 Å². The minimum atomic E-state index is -0.985. The van der Waals surface area contributed by atoms with E-state index < -0.39 is 5.97 Å². The van der Waals surface area contributed by atoms with Crippen molar-refractivity contribution in [3.8, 4) is 0 Å². The van der Waals surface area contributed by atoms with Crippen LogP contribution in [0.4, 0.5) is 0 Å². The SMILES string of the molecule is Cn1c(C(=O)O)cc2c(Cl)c(Cl)c(I)cc21. The highest BCUT2D eigenvalue weighted by molar-refractivity contribution is 14.1. The number of carboxylic acid groups (broad SMARTS) is 1. The van der Waals surface area contributed by atoms with E-state index in [0.29, 0.717) is 15.4 Å². The van der Waals surface area contributed by atoms with Gasteiger partial charge in [0, 0.05) is 16.0 Å². The standard InChI is InChI=1S/C10H6Cl2INO2/c1-14-6-3-5(13)9(12)8(11)4(6)2-7(14)10(15)16/h2-3H,1H3,(H,15,16). The second-order valence-corrected chi connectivity index (χ2v) is 5.23. The molecule has 0 aliphatic carbocycles. The number of aromatic nitrogens is 1. The largest absolute Gasteiger partial charge is 0.477 e. The van der Waals surface area contributed by atoms with Gasteiger partial charge in [-0.2, -0.15) is 0 Å². The molecular formula is C10H6Cl2INO2. The molecule has 1 aromatic heterocycles. The fourth-order valence-corrected chi connectivity index (χ4v) is 2.71. The molecule has 0 saturated carbocycles. The number of fused-ring (bicyclic) bond motifs is 1. The molecule has 2 aromatic rings. The van der Waals surface area contributed by atoms with Crippen LogP contribution in [0.1, 0.15) is 10.5 Å². The van der Waals surface area contributed by atoms with E-state index in [4.69, 9.17) is 28.3 Å². The average Bonchev–Trinajstić information content (AvgIpc) is 2.54. The zero-order valence-electron chi connectivity index (χ0n) is 8.09. The van der Waals surface area contributed by atoms with E-state index in [-0.39, 0.29) is 5.69 Å². The Morgan fingerprint density at radius 3 is 2.56 bits per heavy atom. The van der Waals surface area contributed by atoms with E-state index in [9.17, 15) is 4.79 Å². The zero-order valence-corrected chi connectivity index (χ0v) is 11.8. The number of carboxylic acids is 1. The molecule has 1 heterocycles. The van der Waals surface area contributed by atoms with Crippen LogP contribution in [0.15, 0.2) is 12.1 Å². The summed E-state index contributed by atoms with van der Waals surface area (Å²) in [5.41, 5.74) is 0.950. The topological polar surface area (TPSA) is 42.2 Å². The van der Waals surface area contributed by atoms with E-state index in [0.717, 1.165) is 9.09 Å². The van der Waals surface area contributed by atoms with Gasteiger partial charge in [0.05, 0.1) is 15.6 Å². The molecule has 3 nitrogen and oxygen atoms in total. The summed E-state index contributed by atoms with van der Waals surface area (Å²) in [6, 6.07) is 3.35. The molecule has 0 fully saturated rings. The van der Waals surface area contributed by atoms with Gasteiger partial charge in [-0.05, 0) is 34.7 Å². The first-order valence-electron chi connectivity index (χ1n) is 4.29. The van der Waals surface area contributed by atoms with Gasteiger partial charge >= 0.3 is 5.97 Å². The first-order chi connectivity index (χ1) is 7.43. The molecule has 2 rings (SSSR count). The molecule has 0 aliphatic heterocycles. The van der Waals surface area contributed by atoms with Crippen molar-refractivity contribution in [3.63, 3.8) is 0 Å². The smallest absolute Gasteiger partial charge is 0.352 e. The lowest BCUT2D eigenvalue weighted by Crippen LogP contribution is -2.03. The Balaban J connectivity index is 2.92. The Morgan fingerprint density at radius 1 is 1.38 bits per heavy atom. The summed E-state index contributed by atoms with van der Waals surface area (Å²) in [7, 11) is 1.69. The van der Waals surface area contributed by atoms with Crippen molar-refractivity contribution in [2.45, 2.75) is 0 Å². The van der Waals surface area contributed by atoms with Crippen LogP contribution < -0.4 is 0 Å². The highest BCUT2D eigenvalue weighted by Gasteiger charge is 2.17. The van der Waals surface area contributed by atoms with Crippen LogP contribution in [0.3, 0.4) is 0 Å². The predicted octanol–water partition coefficient (Wildman–Crippen LogP) is 3.79. The Morgan fingerprint density at radius 2 is 2.00 bits per heavy atom. The summed E-state index contributed by atoms with van der Waals surface area (Å²) in [5, 5.41) is 10.5. The van der Waals surface area contributed by atoms with Crippen LogP contribution in [0.25, 0.3) is 10.9 Å². The van der Waals surface area contributed by atoms with E-state index >= 15 is 0 Å². The summed E-state index contributed by atoms with van der Waals surface area (Å²) in [6.45, 7) is 0. The minimum Gasteiger partial charge on any atom is -0.477 e. The Labute approximate surface area is 115 Å². The molecule has 0 radical (unpaired) electrons. The number of aryl methyl sites for hydroxylation is 1. The van der Waals surface area contributed by atoms with Crippen LogP contribution in [0, 0.1) is 3.57 Å². The Kier molecular flexibility index (Phi) is 3.07. The van der Waals surface area contributed by atoms with E-state index in [2.05, 4.69) is 22.6 Å². The highest BCUT2D eigenvalue weighted by atomic mass is 127. The van der Waals surface area contributed by atoms with Crippen LogP contribution in [0.2, 0.25) is 10.0 Å². The van der Waals surface area contributed by atoms with E-state index in [1.165, 1.54) is 6.07 Å². The molecule has 0 aliphatic rings. The minimum absolute atomic E-state index is 0.190. The normalized spacial score (nSPS) is 11.0. The molecule has 6 heteroatoms. The lowest BCUT2D eigenvalue weighted by Gasteiger charge is -2.03. The van der Waals surface area contributed by atoms with Crippen LogP contribution in [-0.2, 0) is 7.05 Å². The molecular weight excluding hydrogens is 364 g/mol. The number of hydrogen-bond donors (Lipinski definition) is 1. The fourth-order valence-electron chi connectivity index (χ4n) is 1.58. The molecule has 0 spiro atoms. The third-order valence-corrected chi connectivity index (χ3v) is 4.45. The maximum absolute atomic E-state index is 11.0. The Hall–Kier alpha value is -0.460. The van der Waals surface area contributed by atoms with Crippen molar-refractivity contribution in [1.29, 1.82) is 0 Å². The molecule has 0 saturated heterocycles. The highest BCUT2D eigenvalue weighted by Crippen LogP contribution is 2.36. The lowest BCUT2D eigenvalue weighted by molar-refractivity contribution is 0.0687. The number of hydrogen-bond acceptors (Lipinski definition) is 1. The summed E-state index contributed by atoms with van der Waals surface area (Å²) in [6.07, 6.45) is 0. The number of halogens is 3. The van der Waals surface area contributed by atoms with Crippen molar-refractivity contribution >= 4 is 62.7 Å². The van der Waals surface area contributed by atoms with Gasteiger partial charge in [-0.1, -0.05) is 23.2 Å². The van der Waals surface area contributed by atoms with Crippen LogP contribution in [-0.4, -0.2) is 15.6 Å². The quantitative estimate of drug-likeness (QED) is 0.613. The molecule has 1 N–H and O–H groups in total. The molecule has 1 aromatic carbocycles. The lowest BCUT2D eigenvalue weighted by atomic mass is 10.2.